The van der Waals surface area contributed by atoms with Crippen LogP contribution in [0.3, 0.4) is 0 Å². The number of esters is 2. The Balaban J connectivity index is 3.49. The summed E-state index contributed by atoms with van der Waals surface area (Å²) in [6, 6.07) is 0. The molecule has 0 amide bonds. The van der Waals surface area contributed by atoms with Gasteiger partial charge in [-0.2, -0.15) is 0 Å². The van der Waals surface area contributed by atoms with E-state index in [1.807, 2.05) is 0 Å². The maximum Gasteiger partial charge on any atom is 0.306 e. The Kier molecular flexibility index (Phi) is 65.4. The number of aliphatic hydroxyl groups excluding tert-OH is 1. The second-order valence-corrected chi connectivity index (χ2v) is 21.8. The van der Waals surface area contributed by atoms with Crippen molar-refractivity contribution in [2.45, 2.75) is 302 Å². The fourth-order valence-electron chi connectivity index (χ4n) is 9.21. The molecule has 0 bridgehead atoms. The lowest BCUT2D eigenvalue weighted by molar-refractivity contribution is -0.161. The van der Waals surface area contributed by atoms with Gasteiger partial charge in [-0.25, -0.2) is 0 Å². The van der Waals surface area contributed by atoms with Crippen molar-refractivity contribution in [1.82, 2.24) is 0 Å². The van der Waals surface area contributed by atoms with Gasteiger partial charge in [0.2, 0.25) is 0 Å². The average Bonchev–Trinajstić information content (AvgIpc) is 3.46. The minimum atomic E-state index is -0.799. The van der Waals surface area contributed by atoms with Crippen molar-refractivity contribution in [3.8, 4) is 0 Å². The van der Waals surface area contributed by atoms with E-state index in [2.05, 4.69) is 160 Å². The summed E-state index contributed by atoms with van der Waals surface area (Å²) < 4.78 is 10.7. The van der Waals surface area contributed by atoms with Crippen molar-refractivity contribution in [2.24, 2.45) is 0 Å². The molecule has 0 fully saturated rings. The lowest BCUT2D eigenvalue weighted by Gasteiger charge is -2.15. The Hall–Kier alpha value is -4.22. The highest BCUT2D eigenvalue weighted by Gasteiger charge is 2.16. The van der Waals surface area contributed by atoms with Crippen LogP contribution in [-0.4, -0.2) is 36.4 Å². The van der Waals surface area contributed by atoms with Gasteiger partial charge in [-0.1, -0.05) is 314 Å². The van der Waals surface area contributed by atoms with Crippen LogP contribution in [0.15, 0.2) is 146 Å². The van der Waals surface area contributed by atoms with Crippen LogP contribution in [0.4, 0.5) is 0 Å². The van der Waals surface area contributed by atoms with E-state index < -0.39 is 6.10 Å². The summed E-state index contributed by atoms with van der Waals surface area (Å²) in [6.45, 7) is 3.90. The molecule has 0 aromatic carbocycles. The molecule has 0 saturated carbocycles. The maximum absolute atomic E-state index is 12.3. The van der Waals surface area contributed by atoms with Crippen molar-refractivity contribution >= 4 is 11.9 Å². The predicted molar refractivity (Wildman–Crippen MR) is 352 cm³/mol. The molecule has 1 N–H and O–H groups in total. The van der Waals surface area contributed by atoms with Crippen LogP contribution in [0.1, 0.15) is 296 Å². The average molecular weight is 1110 g/mol. The second kappa shape index (κ2) is 69.1. The first-order valence-corrected chi connectivity index (χ1v) is 33.4. The first-order valence-electron chi connectivity index (χ1n) is 33.4. The van der Waals surface area contributed by atoms with Crippen molar-refractivity contribution < 1.29 is 24.2 Å². The highest BCUT2D eigenvalue weighted by atomic mass is 16.6. The smallest absolute Gasteiger partial charge is 0.306 e. The first kappa shape index (κ1) is 75.8. The molecule has 1 unspecified atom stereocenters. The molecule has 0 aliphatic heterocycles. The van der Waals surface area contributed by atoms with Crippen LogP contribution in [0.25, 0.3) is 0 Å². The van der Waals surface area contributed by atoms with E-state index in [0.29, 0.717) is 12.8 Å². The SMILES string of the molecule is CC/C=C\C/C=C\C/C=C\C/C=C\C/C=C\C/C=C\C/C=C\CCCCCC(=O)OC(CO)COC(=O)CCCCCCCCCCCCCCCCCCCCCCCCCCC/C=C\C/C=C\C/C=C\C/C=C\C/C=C\CC. The van der Waals surface area contributed by atoms with Gasteiger partial charge in [0.1, 0.15) is 6.61 Å². The van der Waals surface area contributed by atoms with Crippen LogP contribution >= 0.6 is 0 Å². The molecule has 0 radical (unpaired) electrons. The fourth-order valence-corrected chi connectivity index (χ4v) is 9.21. The number of carbonyl (C=O) groups is 2. The van der Waals surface area contributed by atoms with Crippen molar-refractivity contribution in [2.75, 3.05) is 13.2 Å². The van der Waals surface area contributed by atoms with E-state index in [9.17, 15) is 14.7 Å². The van der Waals surface area contributed by atoms with Crippen LogP contribution < -0.4 is 0 Å². The van der Waals surface area contributed by atoms with Crippen molar-refractivity contribution in [3.63, 3.8) is 0 Å². The summed E-state index contributed by atoms with van der Waals surface area (Å²) in [5.74, 6) is -0.627. The molecular formula is C75H124O5. The summed E-state index contributed by atoms with van der Waals surface area (Å²) >= 11 is 0. The molecule has 0 heterocycles. The van der Waals surface area contributed by atoms with Gasteiger partial charge in [0.25, 0.3) is 0 Å². The summed E-state index contributed by atoms with van der Waals surface area (Å²) in [5.41, 5.74) is 0. The Morgan fingerprint density at radius 1 is 0.287 bits per heavy atom. The third kappa shape index (κ3) is 66.3. The topological polar surface area (TPSA) is 72.8 Å². The number of ether oxygens (including phenoxy) is 2. The van der Waals surface area contributed by atoms with Gasteiger partial charge >= 0.3 is 11.9 Å². The van der Waals surface area contributed by atoms with Gasteiger partial charge in [-0.15, -0.1) is 0 Å². The lowest BCUT2D eigenvalue weighted by Crippen LogP contribution is -2.28. The third-order valence-electron chi connectivity index (χ3n) is 14.1. The lowest BCUT2D eigenvalue weighted by atomic mass is 10.0. The zero-order valence-corrected chi connectivity index (χ0v) is 52.0. The fraction of sp³-hybridized carbons (Fsp3) is 0.653. The summed E-state index contributed by atoms with van der Waals surface area (Å²) in [6.07, 6.45) is 104. The number of rotatable bonds is 60. The molecule has 0 aromatic heterocycles. The van der Waals surface area contributed by atoms with Gasteiger partial charge < -0.3 is 14.6 Å². The second-order valence-electron chi connectivity index (χ2n) is 21.8. The quantitative estimate of drug-likeness (QED) is 0.0373. The monoisotopic (exact) mass is 1100 g/mol. The molecule has 0 spiro atoms. The Morgan fingerprint density at radius 2 is 0.500 bits per heavy atom. The standard InChI is InChI=1S/C75H124O5/c1-3-5-7-9-11-13-15-17-19-21-23-25-27-29-30-31-32-33-34-35-36-37-38-39-40-41-42-43-44-46-47-49-51-53-55-57-59-61-63-65-67-69-74(77)79-72-73(71-76)80-75(78)70-68-66-64-62-60-58-56-54-52-50-48-45-28-26-24-22-20-18-16-14-12-10-8-6-4-2/h5-8,11-14,17-20,23-26,29-30,45,48,52,54,58,60,73,76H,3-4,9-10,15-16,21-22,27-28,31-44,46-47,49-51,53,55-57,59,61-72H2,1-2H3/b7-5-,8-6-,13-11-,14-12-,19-17-,20-18-,25-23-,26-24-,30-29-,48-45-,54-52-,60-58-. The minimum Gasteiger partial charge on any atom is -0.462 e. The predicted octanol–water partition coefficient (Wildman–Crippen LogP) is 23.3. The van der Waals surface area contributed by atoms with E-state index >= 15 is 0 Å². The number of hydrogen-bond acceptors (Lipinski definition) is 5. The van der Waals surface area contributed by atoms with Crippen LogP contribution in [0.5, 0.6) is 0 Å². The van der Waals surface area contributed by atoms with Crippen molar-refractivity contribution in [1.29, 1.82) is 0 Å². The molecular weight excluding hydrogens is 981 g/mol. The van der Waals surface area contributed by atoms with Crippen molar-refractivity contribution in [3.05, 3.63) is 146 Å². The Labute approximate surface area is 495 Å². The number of aliphatic hydroxyl groups is 1. The van der Waals surface area contributed by atoms with E-state index in [1.54, 1.807) is 0 Å². The van der Waals surface area contributed by atoms with E-state index in [0.717, 1.165) is 122 Å². The van der Waals surface area contributed by atoms with Gasteiger partial charge in [0, 0.05) is 12.8 Å². The third-order valence-corrected chi connectivity index (χ3v) is 14.1. The molecule has 0 aliphatic rings. The van der Waals surface area contributed by atoms with E-state index in [1.165, 1.54) is 148 Å². The zero-order chi connectivity index (χ0) is 57.6. The zero-order valence-electron chi connectivity index (χ0n) is 52.0. The Bertz CT molecular complexity index is 1680. The molecule has 5 nitrogen and oxygen atoms in total. The first-order chi connectivity index (χ1) is 39.6. The number of unbranched alkanes of at least 4 members (excludes halogenated alkanes) is 28. The minimum absolute atomic E-state index is 0.0847. The molecule has 0 saturated heterocycles. The number of carbonyl (C=O) groups excluding carboxylic acids is 2. The van der Waals surface area contributed by atoms with Gasteiger partial charge in [-0.05, 0) is 116 Å². The molecule has 0 aromatic rings. The maximum atomic E-state index is 12.3. The highest BCUT2D eigenvalue weighted by molar-refractivity contribution is 5.70. The summed E-state index contributed by atoms with van der Waals surface area (Å²) in [4.78, 5) is 24.6. The highest BCUT2D eigenvalue weighted by Crippen LogP contribution is 2.17. The number of hydrogen-bond donors (Lipinski definition) is 1. The van der Waals surface area contributed by atoms with Crippen LogP contribution in [0, 0.1) is 0 Å². The van der Waals surface area contributed by atoms with Gasteiger partial charge in [0.15, 0.2) is 6.10 Å². The summed E-state index contributed by atoms with van der Waals surface area (Å²) in [7, 11) is 0. The molecule has 454 valence electrons. The molecule has 5 heteroatoms. The Morgan fingerprint density at radius 3 is 0.762 bits per heavy atom. The normalized spacial score (nSPS) is 13.2. The molecule has 1 atom stereocenters. The molecule has 0 rings (SSSR count). The van der Waals surface area contributed by atoms with E-state index in [-0.39, 0.29) is 25.2 Å². The molecule has 80 heavy (non-hydrogen) atoms. The largest absolute Gasteiger partial charge is 0.462 e. The summed E-state index contributed by atoms with van der Waals surface area (Å²) in [5, 5.41) is 9.68. The van der Waals surface area contributed by atoms with Gasteiger partial charge in [-0.3, -0.25) is 9.59 Å². The van der Waals surface area contributed by atoms with Crippen LogP contribution in [0.2, 0.25) is 0 Å². The van der Waals surface area contributed by atoms with Crippen LogP contribution in [-0.2, 0) is 19.1 Å². The molecule has 0 aliphatic carbocycles. The number of allylic oxidation sites excluding steroid dienone is 24. The van der Waals surface area contributed by atoms with Gasteiger partial charge in [0.05, 0.1) is 6.61 Å². The van der Waals surface area contributed by atoms with E-state index in [4.69, 9.17) is 9.47 Å².